The van der Waals surface area contributed by atoms with Crippen LogP contribution in [-0.2, 0) is 0 Å². The molecule has 0 spiro atoms. The van der Waals surface area contributed by atoms with E-state index in [1.165, 1.54) is 5.56 Å². The fourth-order valence-corrected chi connectivity index (χ4v) is 2.48. The average Bonchev–Trinajstić information content (AvgIpc) is 2.93. The first-order valence-corrected chi connectivity index (χ1v) is 6.20. The van der Waals surface area contributed by atoms with Crippen LogP contribution in [0.5, 0.6) is 5.75 Å². The number of fused-ring (bicyclic) bond motifs is 1. The number of oxazole rings is 1. The number of nitrogens with one attached hydrogen (secondary N) is 1. The lowest BCUT2D eigenvalue weighted by molar-refractivity contribution is 0.266. The summed E-state index contributed by atoms with van der Waals surface area (Å²) >= 11 is 0. The van der Waals surface area contributed by atoms with Crippen LogP contribution in [-0.4, -0.2) is 25.2 Å². The van der Waals surface area contributed by atoms with Crippen molar-refractivity contribution in [3.05, 3.63) is 36.2 Å². The van der Waals surface area contributed by atoms with Crippen molar-refractivity contribution in [3.63, 3.8) is 0 Å². The van der Waals surface area contributed by atoms with Crippen molar-refractivity contribution in [2.45, 2.75) is 12.3 Å². The molecule has 1 aromatic carbocycles. The molecule has 0 saturated carbocycles. The highest BCUT2D eigenvalue weighted by atomic mass is 16.5. The Kier molecular flexibility index (Phi) is 3.02. The number of hydrogen-bond donors (Lipinski definition) is 1. The Balaban J connectivity index is 2.06. The molecule has 0 aliphatic carbocycles. The SMILES string of the molecule is CNC[C@@H]1CCOc2c(-c3ncco3)cccc21. The number of likely N-dealkylation sites (N-methyl/N-ethyl adjacent to an activating group) is 1. The normalized spacial score (nSPS) is 18.2. The molecular formula is C14H16N2O2. The van der Waals surface area contributed by atoms with Gasteiger partial charge in [-0.15, -0.1) is 0 Å². The molecule has 94 valence electrons. The van der Waals surface area contributed by atoms with Gasteiger partial charge < -0.3 is 14.5 Å². The van der Waals surface area contributed by atoms with Crippen LogP contribution in [0.15, 0.2) is 35.1 Å². The maximum absolute atomic E-state index is 5.83. The van der Waals surface area contributed by atoms with E-state index in [0.717, 1.165) is 30.9 Å². The highest BCUT2D eigenvalue weighted by Gasteiger charge is 2.24. The molecule has 0 unspecified atom stereocenters. The van der Waals surface area contributed by atoms with E-state index in [-0.39, 0.29) is 0 Å². The van der Waals surface area contributed by atoms with E-state index in [1.54, 1.807) is 12.5 Å². The maximum atomic E-state index is 5.83. The molecule has 2 heterocycles. The zero-order valence-electron chi connectivity index (χ0n) is 10.3. The van der Waals surface area contributed by atoms with E-state index in [9.17, 15) is 0 Å². The Labute approximate surface area is 106 Å². The first-order valence-electron chi connectivity index (χ1n) is 6.20. The van der Waals surface area contributed by atoms with Crippen LogP contribution >= 0.6 is 0 Å². The topological polar surface area (TPSA) is 47.3 Å². The summed E-state index contributed by atoms with van der Waals surface area (Å²) in [6.07, 6.45) is 4.29. The molecule has 0 bridgehead atoms. The molecule has 1 aliphatic heterocycles. The minimum atomic E-state index is 0.494. The molecule has 4 nitrogen and oxygen atoms in total. The third kappa shape index (κ3) is 1.88. The van der Waals surface area contributed by atoms with Gasteiger partial charge in [0, 0.05) is 12.5 Å². The van der Waals surface area contributed by atoms with Crippen LogP contribution in [0.2, 0.25) is 0 Å². The van der Waals surface area contributed by atoms with Crippen molar-refractivity contribution >= 4 is 0 Å². The van der Waals surface area contributed by atoms with Crippen molar-refractivity contribution in [2.24, 2.45) is 0 Å². The van der Waals surface area contributed by atoms with Gasteiger partial charge in [0.05, 0.1) is 18.4 Å². The second-order valence-electron chi connectivity index (χ2n) is 4.45. The van der Waals surface area contributed by atoms with Crippen LogP contribution in [0.4, 0.5) is 0 Å². The van der Waals surface area contributed by atoms with Gasteiger partial charge in [-0.3, -0.25) is 0 Å². The smallest absolute Gasteiger partial charge is 0.229 e. The Morgan fingerprint density at radius 3 is 3.17 bits per heavy atom. The molecule has 1 atom stereocenters. The molecule has 18 heavy (non-hydrogen) atoms. The number of rotatable bonds is 3. The molecule has 1 aliphatic rings. The second kappa shape index (κ2) is 4.82. The summed E-state index contributed by atoms with van der Waals surface area (Å²) in [5, 5.41) is 3.24. The molecule has 2 aromatic rings. The van der Waals surface area contributed by atoms with Crippen molar-refractivity contribution < 1.29 is 9.15 Å². The summed E-state index contributed by atoms with van der Waals surface area (Å²) in [6.45, 7) is 1.71. The third-order valence-electron chi connectivity index (χ3n) is 3.31. The highest BCUT2D eigenvalue weighted by Crippen LogP contribution is 2.40. The van der Waals surface area contributed by atoms with Gasteiger partial charge in [-0.05, 0) is 25.1 Å². The number of benzene rings is 1. The Hall–Kier alpha value is -1.81. The predicted molar refractivity (Wildman–Crippen MR) is 68.7 cm³/mol. The van der Waals surface area contributed by atoms with Crippen LogP contribution in [0, 0.1) is 0 Å². The van der Waals surface area contributed by atoms with E-state index in [0.29, 0.717) is 11.8 Å². The molecule has 1 N–H and O–H groups in total. The molecule has 0 saturated heterocycles. The lowest BCUT2D eigenvalue weighted by atomic mass is 9.91. The lowest BCUT2D eigenvalue weighted by Gasteiger charge is -2.26. The lowest BCUT2D eigenvalue weighted by Crippen LogP contribution is -2.23. The van der Waals surface area contributed by atoms with E-state index in [2.05, 4.69) is 16.4 Å². The Morgan fingerprint density at radius 2 is 2.39 bits per heavy atom. The summed E-state index contributed by atoms with van der Waals surface area (Å²) < 4.78 is 11.2. The summed E-state index contributed by atoms with van der Waals surface area (Å²) in [5.41, 5.74) is 2.18. The summed E-state index contributed by atoms with van der Waals surface area (Å²) in [5.74, 6) is 2.04. The molecule has 1 aromatic heterocycles. The minimum absolute atomic E-state index is 0.494. The van der Waals surface area contributed by atoms with Gasteiger partial charge in [0.15, 0.2) is 0 Å². The maximum Gasteiger partial charge on any atom is 0.229 e. The monoisotopic (exact) mass is 244 g/mol. The summed E-state index contributed by atoms with van der Waals surface area (Å²) in [7, 11) is 1.98. The van der Waals surface area contributed by atoms with Gasteiger partial charge in [0.1, 0.15) is 12.0 Å². The molecular weight excluding hydrogens is 228 g/mol. The van der Waals surface area contributed by atoms with E-state index < -0.39 is 0 Å². The van der Waals surface area contributed by atoms with Crippen molar-refractivity contribution in [2.75, 3.05) is 20.2 Å². The summed E-state index contributed by atoms with van der Waals surface area (Å²) in [6, 6.07) is 6.16. The van der Waals surface area contributed by atoms with Crippen molar-refractivity contribution in [1.29, 1.82) is 0 Å². The zero-order chi connectivity index (χ0) is 12.4. The van der Waals surface area contributed by atoms with Crippen LogP contribution in [0.3, 0.4) is 0 Å². The van der Waals surface area contributed by atoms with Gasteiger partial charge in [-0.2, -0.15) is 0 Å². The van der Waals surface area contributed by atoms with Crippen molar-refractivity contribution in [1.82, 2.24) is 10.3 Å². The molecule has 0 amide bonds. The van der Waals surface area contributed by atoms with E-state index in [4.69, 9.17) is 9.15 Å². The van der Waals surface area contributed by atoms with Gasteiger partial charge in [0.2, 0.25) is 5.89 Å². The molecule has 3 rings (SSSR count). The van der Waals surface area contributed by atoms with Gasteiger partial charge in [-0.1, -0.05) is 12.1 Å². The van der Waals surface area contributed by atoms with Gasteiger partial charge in [0.25, 0.3) is 0 Å². The third-order valence-corrected chi connectivity index (χ3v) is 3.31. The fraction of sp³-hybridized carbons (Fsp3) is 0.357. The van der Waals surface area contributed by atoms with Gasteiger partial charge >= 0.3 is 0 Å². The first-order chi connectivity index (χ1) is 8.90. The van der Waals surface area contributed by atoms with E-state index >= 15 is 0 Å². The van der Waals surface area contributed by atoms with Crippen molar-refractivity contribution in [3.8, 4) is 17.2 Å². The number of ether oxygens (including phenoxy) is 1. The zero-order valence-corrected chi connectivity index (χ0v) is 10.3. The Morgan fingerprint density at radius 1 is 1.44 bits per heavy atom. The molecule has 0 fully saturated rings. The number of hydrogen-bond acceptors (Lipinski definition) is 4. The Bertz CT molecular complexity index is 523. The van der Waals surface area contributed by atoms with Crippen LogP contribution < -0.4 is 10.1 Å². The predicted octanol–water partition coefficient (Wildman–Crippen LogP) is 2.43. The highest BCUT2D eigenvalue weighted by molar-refractivity contribution is 5.66. The average molecular weight is 244 g/mol. The standard InChI is InChI=1S/C14H16N2O2/c1-15-9-10-5-7-17-13-11(10)3-2-4-12(13)14-16-6-8-18-14/h2-4,6,8,10,15H,5,7,9H2,1H3/t10-/m0/s1. The van der Waals surface area contributed by atoms with E-state index in [1.807, 2.05) is 19.2 Å². The second-order valence-corrected chi connectivity index (χ2v) is 4.45. The molecule has 4 heteroatoms. The number of aromatic nitrogens is 1. The fourth-order valence-electron chi connectivity index (χ4n) is 2.48. The van der Waals surface area contributed by atoms with Gasteiger partial charge in [-0.25, -0.2) is 4.98 Å². The first kappa shape index (κ1) is 11.3. The number of para-hydroxylation sites is 1. The number of nitrogens with zero attached hydrogens (tertiary/aromatic N) is 1. The largest absolute Gasteiger partial charge is 0.492 e. The summed E-state index contributed by atoms with van der Waals surface area (Å²) in [4.78, 5) is 4.20. The van der Waals surface area contributed by atoms with Crippen LogP contribution in [0.1, 0.15) is 17.9 Å². The minimum Gasteiger partial charge on any atom is -0.492 e. The quantitative estimate of drug-likeness (QED) is 0.900. The van der Waals surface area contributed by atoms with Crippen LogP contribution in [0.25, 0.3) is 11.5 Å². The molecule has 0 radical (unpaired) electrons.